The van der Waals surface area contributed by atoms with Crippen molar-refractivity contribution in [2.75, 3.05) is 32.9 Å². The number of aliphatic carboxylic acids is 1. The maximum atomic E-state index is 12.6. The van der Waals surface area contributed by atoms with E-state index in [1.54, 1.807) is 6.92 Å². The van der Waals surface area contributed by atoms with Gasteiger partial charge in [-0.15, -0.1) is 11.3 Å². The number of ketones is 1. The molecule has 2 aromatic rings. The second kappa shape index (κ2) is 11.4. The molecule has 1 aromatic carbocycles. The predicted molar refractivity (Wildman–Crippen MR) is 118 cm³/mol. The van der Waals surface area contributed by atoms with Crippen molar-refractivity contribution in [2.45, 2.75) is 19.9 Å². The minimum absolute atomic E-state index is 0.0138. The van der Waals surface area contributed by atoms with Crippen molar-refractivity contribution in [3.05, 3.63) is 45.1 Å². The van der Waals surface area contributed by atoms with Gasteiger partial charge in [-0.2, -0.15) is 0 Å². The minimum atomic E-state index is -1.19. The summed E-state index contributed by atoms with van der Waals surface area (Å²) in [7, 11) is 0. The molecule has 0 spiro atoms. The first-order valence-corrected chi connectivity index (χ1v) is 11.1. The van der Waals surface area contributed by atoms with Gasteiger partial charge in [-0.1, -0.05) is 0 Å². The highest BCUT2D eigenvalue weighted by Crippen LogP contribution is 2.29. The van der Waals surface area contributed by atoms with E-state index in [0.717, 1.165) is 25.1 Å². The molecule has 1 aliphatic heterocycles. The van der Waals surface area contributed by atoms with E-state index in [2.05, 4.69) is 10.6 Å². The summed E-state index contributed by atoms with van der Waals surface area (Å²) >= 11 is 1.42. The van der Waals surface area contributed by atoms with Crippen molar-refractivity contribution in [1.29, 1.82) is 0 Å². The summed E-state index contributed by atoms with van der Waals surface area (Å²) in [4.78, 5) is 49.2. The van der Waals surface area contributed by atoms with Crippen LogP contribution in [0.4, 0.5) is 0 Å². The van der Waals surface area contributed by atoms with Gasteiger partial charge >= 0.3 is 11.9 Å². The summed E-state index contributed by atoms with van der Waals surface area (Å²) in [6.07, 6.45) is 0.872. The van der Waals surface area contributed by atoms with Crippen LogP contribution >= 0.6 is 11.3 Å². The topological polar surface area (TPSA) is 140 Å². The summed E-state index contributed by atoms with van der Waals surface area (Å²) in [5.74, 6) is -2.47. The number of nitrogens with one attached hydrogen (secondary N) is 2. The monoisotopic (exact) mass is 476 g/mol. The molecule has 33 heavy (non-hydrogen) atoms. The molecule has 3 rings (SSSR count). The lowest BCUT2D eigenvalue weighted by Crippen LogP contribution is -2.29. The van der Waals surface area contributed by atoms with Crippen LogP contribution in [0.3, 0.4) is 0 Å². The maximum Gasteiger partial charge on any atom is 0.344 e. The average Bonchev–Trinajstić information content (AvgIpc) is 3.24. The van der Waals surface area contributed by atoms with E-state index < -0.39 is 30.9 Å². The number of rotatable bonds is 11. The van der Waals surface area contributed by atoms with E-state index in [4.69, 9.17) is 19.3 Å². The summed E-state index contributed by atoms with van der Waals surface area (Å²) in [5, 5.41) is 14.7. The summed E-state index contributed by atoms with van der Waals surface area (Å²) in [5.41, 5.74) is 1.30. The molecule has 11 heteroatoms. The Hall–Kier alpha value is -3.44. The molecule has 2 heterocycles. The molecule has 0 radical (unpaired) electrons. The van der Waals surface area contributed by atoms with E-state index in [1.165, 1.54) is 34.4 Å². The van der Waals surface area contributed by atoms with Gasteiger partial charge in [0.25, 0.3) is 5.91 Å². The fourth-order valence-corrected chi connectivity index (χ4v) is 4.20. The number of esters is 1. The van der Waals surface area contributed by atoms with Crippen molar-refractivity contribution >= 4 is 35.0 Å². The van der Waals surface area contributed by atoms with E-state index in [9.17, 15) is 19.2 Å². The van der Waals surface area contributed by atoms with Gasteiger partial charge in [-0.3, -0.25) is 9.59 Å². The summed E-state index contributed by atoms with van der Waals surface area (Å²) in [6.45, 7) is 2.11. The van der Waals surface area contributed by atoms with E-state index in [1.807, 2.05) is 6.07 Å². The lowest BCUT2D eigenvalue weighted by Gasteiger charge is -2.13. The van der Waals surface area contributed by atoms with Crippen LogP contribution in [0.1, 0.15) is 37.4 Å². The molecule has 0 saturated heterocycles. The smallest absolute Gasteiger partial charge is 0.344 e. The molecule has 1 amide bonds. The normalized spacial score (nSPS) is 12.4. The highest BCUT2D eigenvalue weighted by Gasteiger charge is 2.19. The van der Waals surface area contributed by atoms with Crippen LogP contribution in [0.2, 0.25) is 0 Å². The molecule has 0 bridgehead atoms. The van der Waals surface area contributed by atoms with Crippen LogP contribution < -0.4 is 20.1 Å². The lowest BCUT2D eigenvalue weighted by atomic mass is 10.1. The Morgan fingerprint density at radius 1 is 1.12 bits per heavy atom. The summed E-state index contributed by atoms with van der Waals surface area (Å²) in [6, 6.07) is 5.97. The average molecular weight is 477 g/mol. The summed E-state index contributed by atoms with van der Waals surface area (Å²) < 4.78 is 15.3. The van der Waals surface area contributed by atoms with Crippen molar-refractivity contribution in [3.63, 3.8) is 0 Å². The van der Waals surface area contributed by atoms with Gasteiger partial charge in [0.1, 0.15) is 0 Å². The number of hydrogen-bond acceptors (Lipinski definition) is 9. The highest BCUT2D eigenvalue weighted by molar-refractivity contribution is 7.14. The number of carbonyl (C=O) groups excluding carboxylic acids is 3. The molecule has 10 nitrogen and oxygen atoms in total. The number of amides is 1. The number of fused-ring (bicyclic) bond motifs is 1. The number of carbonyl (C=O) groups is 4. The number of thiophene rings is 1. The van der Waals surface area contributed by atoms with Gasteiger partial charge in [0.05, 0.1) is 18.0 Å². The largest absolute Gasteiger partial charge is 0.479 e. The molecule has 1 aliphatic rings. The van der Waals surface area contributed by atoms with Gasteiger partial charge in [-0.05, 0) is 43.2 Å². The Morgan fingerprint density at radius 2 is 1.91 bits per heavy atom. The number of benzene rings is 1. The predicted octanol–water partition coefficient (Wildman–Crippen LogP) is 1.41. The number of hydrogen-bond donors (Lipinski definition) is 3. The Morgan fingerprint density at radius 3 is 2.64 bits per heavy atom. The SMILES string of the molecule is CCOC(=O)COc1cc(C(=O)CNC(=O)c2cc3c(s2)CCNC3)ccc1OCC(=O)O. The van der Waals surface area contributed by atoms with Crippen LogP contribution in [0, 0.1) is 0 Å². The van der Waals surface area contributed by atoms with Crippen molar-refractivity contribution in [3.8, 4) is 11.5 Å². The standard InChI is InChI=1S/C22H24N2O8S/c1-2-30-21(28)12-32-17-7-13(3-4-16(17)31-11-20(26)27)15(25)10-24-22(29)19-8-14-9-23-6-5-18(14)33-19/h3-4,7-8,23H,2,5-6,9-12H2,1H3,(H,24,29)(H,26,27). The molecule has 176 valence electrons. The van der Waals surface area contributed by atoms with Crippen molar-refractivity contribution < 1.29 is 38.5 Å². The van der Waals surface area contributed by atoms with Crippen LogP contribution in [0.15, 0.2) is 24.3 Å². The third kappa shape index (κ3) is 6.77. The fraction of sp³-hybridized carbons (Fsp3) is 0.364. The van der Waals surface area contributed by atoms with Crippen LogP contribution in [0.5, 0.6) is 11.5 Å². The molecule has 0 unspecified atom stereocenters. The Balaban J connectivity index is 1.65. The second-order valence-corrected chi connectivity index (χ2v) is 8.17. The van der Waals surface area contributed by atoms with E-state index in [-0.39, 0.29) is 36.1 Å². The van der Waals surface area contributed by atoms with Gasteiger partial charge in [0.15, 0.2) is 30.5 Å². The maximum absolute atomic E-state index is 12.6. The van der Waals surface area contributed by atoms with Gasteiger partial charge in [-0.25, -0.2) is 9.59 Å². The van der Waals surface area contributed by atoms with E-state index in [0.29, 0.717) is 4.88 Å². The molecule has 0 saturated carbocycles. The van der Waals surface area contributed by atoms with E-state index >= 15 is 0 Å². The minimum Gasteiger partial charge on any atom is -0.479 e. The van der Waals surface area contributed by atoms with Gasteiger partial charge in [0, 0.05) is 23.5 Å². The zero-order valence-corrected chi connectivity index (χ0v) is 18.8. The van der Waals surface area contributed by atoms with Crippen LogP contribution in [0.25, 0.3) is 0 Å². The number of ether oxygens (including phenoxy) is 3. The number of Topliss-reactive ketones (excluding diaryl/α,β-unsaturated/α-hetero) is 1. The quantitative estimate of drug-likeness (QED) is 0.324. The third-order valence-corrected chi connectivity index (χ3v) is 5.88. The third-order valence-electron chi connectivity index (χ3n) is 4.64. The molecular weight excluding hydrogens is 452 g/mol. The van der Waals surface area contributed by atoms with Crippen molar-refractivity contribution in [2.24, 2.45) is 0 Å². The molecule has 0 fully saturated rings. The van der Waals surface area contributed by atoms with Crippen LogP contribution in [-0.2, 0) is 27.3 Å². The first-order valence-electron chi connectivity index (χ1n) is 10.3. The first kappa shape index (κ1) is 24.2. The molecule has 0 aliphatic carbocycles. The van der Waals surface area contributed by atoms with Crippen LogP contribution in [-0.4, -0.2) is 61.6 Å². The highest BCUT2D eigenvalue weighted by atomic mass is 32.1. The Labute approximate surface area is 193 Å². The Kier molecular flexibility index (Phi) is 8.39. The van der Waals surface area contributed by atoms with Crippen molar-refractivity contribution in [1.82, 2.24) is 10.6 Å². The second-order valence-electron chi connectivity index (χ2n) is 7.03. The Bertz CT molecular complexity index is 1030. The first-order chi connectivity index (χ1) is 15.9. The zero-order valence-electron chi connectivity index (χ0n) is 18.0. The molecule has 3 N–H and O–H groups in total. The lowest BCUT2D eigenvalue weighted by molar-refractivity contribution is -0.145. The molecule has 1 aromatic heterocycles. The zero-order chi connectivity index (χ0) is 23.8. The number of carboxylic acids is 1. The van der Waals surface area contributed by atoms with Gasteiger partial charge < -0.3 is 30.0 Å². The number of carboxylic acid groups (broad SMARTS) is 1. The fourth-order valence-electron chi connectivity index (χ4n) is 3.11. The molecule has 0 atom stereocenters. The van der Waals surface area contributed by atoms with Gasteiger partial charge in [0.2, 0.25) is 0 Å². The molecular formula is C22H24N2O8S.